The first-order valence-electron chi connectivity index (χ1n) is 10.2. The molecule has 0 fully saturated rings. The first kappa shape index (κ1) is 20.9. The summed E-state index contributed by atoms with van der Waals surface area (Å²) in [5.74, 6) is 1.98. The van der Waals surface area contributed by atoms with Crippen LogP contribution in [0.1, 0.15) is 49.9 Å². The highest BCUT2D eigenvalue weighted by Crippen LogP contribution is 2.30. The molecule has 31 heavy (non-hydrogen) atoms. The zero-order valence-corrected chi connectivity index (χ0v) is 18.4. The van der Waals surface area contributed by atoms with Gasteiger partial charge < -0.3 is 14.0 Å². The van der Waals surface area contributed by atoms with Crippen molar-refractivity contribution >= 4 is 5.65 Å². The van der Waals surface area contributed by atoms with Crippen molar-refractivity contribution in [3.8, 4) is 16.9 Å². The maximum atomic E-state index is 13.0. The number of hydrogen-bond acceptors (Lipinski definition) is 5. The van der Waals surface area contributed by atoms with Gasteiger partial charge in [-0.05, 0) is 24.6 Å². The summed E-state index contributed by atoms with van der Waals surface area (Å²) >= 11 is 0. The number of aromatic nitrogens is 5. The van der Waals surface area contributed by atoms with E-state index in [0.717, 1.165) is 28.4 Å². The van der Waals surface area contributed by atoms with Crippen LogP contribution in [0.3, 0.4) is 0 Å². The lowest BCUT2D eigenvalue weighted by atomic mass is 10.1. The highest BCUT2D eigenvalue weighted by atomic mass is 16.5. The zero-order valence-electron chi connectivity index (χ0n) is 18.4. The third-order valence-corrected chi connectivity index (χ3v) is 5.44. The Morgan fingerprint density at radius 3 is 2.52 bits per heavy atom. The molecule has 1 aromatic carbocycles. The van der Waals surface area contributed by atoms with E-state index < -0.39 is 0 Å². The molecule has 3 aromatic heterocycles. The summed E-state index contributed by atoms with van der Waals surface area (Å²) < 4.78 is 14.2. The van der Waals surface area contributed by atoms with Crippen molar-refractivity contribution in [3.05, 3.63) is 70.3 Å². The summed E-state index contributed by atoms with van der Waals surface area (Å²) in [7, 11) is 3.26. The first-order valence-corrected chi connectivity index (χ1v) is 10.2. The number of benzene rings is 1. The predicted molar refractivity (Wildman–Crippen MR) is 119 cm³/mol. The molecule has 1 N–H and O–H groups in total. The number of nitrogens with one attached hydrogen (secondary N) is 1. The van der Waals surface area contributed by atoms with Gasteiger partial charge in [0.25, 0.3) is 5.56 Å². The minimum absolute atomic E-state index is 0.137. The molecular weight excluding hydrogens is 394 g/mol. The van der Waals surface area contributed by atoms with Gasteiger partial charge in [0.15, 0.2) is 5.65 Å². The average Bonchev–Trinajstić information content (AvgIpc) is 3.39. The second-order valence-electron chi connectivity index (χ2n) is 7.83. The van der Waals surface area contributed by atoms with Crippen molar-refractivity contribution in [1.82, 2.24) is 24.1 Å². The molecule has 0 aliphatic rings. The standard InChI is InChI=1S/C23H27N5O3/c1-14(2)22-24-10-11-27(22)15(3)18-12-20(29)28-23(25-18)21(19(26-28)13-30-4)16-6-8-17(31-5)9-7-16/h6-12,14-15,26H,13H2,1-5H3/t15-/m0/s1. The quantitative estimate of drug-likeness (QED) is 0.491. The summed E-state index contributed by atoms with van der Waals surface area (Å²) in [6, 6.07) is 9.13. The molecule has 4 rings (SSSR count). The lowest BCUT2D eigenvalue weighted by Gasteiger charge is -2.17. The number of nitrogens with zero attached hydrogens (tertiary/aromatic N) is 4. The largest absolute Gasteiger partial charge is 0.497 e. The number of aromatic amines is 1. The molecule has 0 spiro atoms. The summed E-state index contributed by atoms with van der Waals surface area (Å²) in [6.45, 7) is 6.56. The normalized spacial score (nSPS) is 12.6. The average molecular weight is 422 g/mol. The predicted octanol–water partition coefficient (Wildman–Crippen LogP) is 3.77. The molecule has 3 heterocycles. The minimum Gasteiger partial charge on any atom is -0.497 e. The number of fused-ring (bicyclic) bond motifs is 1. The molecule has 4 aromatic rings. The van der Waals surface area contributed by atoms with Gasteiger partial charge in [0.05, 0.1) is 31.1 Å². The summed E-state index contributed by atoms with van der Waals surface area (Å²) in [6.07, 6.45) is 3.72. The van der Waals surface area contributed by atoms with Crippen LogP contribution in [0.5, 0.6) is 5.75 Å². The maximum Gasteiger partial charge on any atom is 0.272 e. The Bertz CT molecular complexity index is 1250. The first-order chi connectivity index (χ1) is 14.9. The van der Waals surface area contributed by atoms with Crippen molar-refractivity contribution in [2.24, 2.45) is 0 Å². The fourth-order valence-corrected chi connectivity index (χ4v) is 3.87. The minimum atomic E-state index is -0.171. The van der Waals surface area contributed by atoms with Crippen molar-refractivity contribution in [2.75, 3.05) is 14.2 Å². The van der Waals surface area contributed by atoms with Crippen molar-refractivity contribution < 1.29 is 9.47 Å². The van der Waals surface area contributed by atoms with E-state index in [1.165, 1.54) is 4.52 Å². The van der Waals surface area contributed by atoms with Gasteiger partial charge in [0.1, 0.15) is 11.6 Å². The van der Waals surface area contributed by atoms with Gasteiger partial charge in [-0.25, -0.2) is 14.5 Å². The van der Waals surface area contributed by atoms with E-state index in [0.29, 0.717) is 17.9 Å². The van der Waals surface area contributed by atoms with Crippen LogP contribution in [0.4, 0.5) is 0 Å². The van der Waals surface area contributed by atoms with Crippen LogP contribution >= 0.6 is 0 Å². The van der Waals surface area contributed by atoms with Crippen LogP contribution in [0.25, 0.3) is 16.8 Å². The lowest BCUT2D eigenvalue weighted by Crippen LogP contribution is -2.20. The number of methoxy groups -OCH3 is 2. The van der Waals surface area contributed by atoms with Crippen LogP contribution in [-0.2, 0) is 11.3 Å². The maximum absolute atomic E-state index is 13.0. The fraction of sp³-hybridized carbons (Fsp3) is 0.348. The molecular formula is C23H27N5O3. The smallest absolute Gasteiger partial charge is 0.272 e. The Balaban J connectivity index is 1.90. The Kier molecular flexibility index (Phi) is 5.65. The molecule has 0 saturated heterocycles. The zero-order chi connectivity index (χ0) is 22.1. The third kappa shape index (κ3) is 3.74. The van der Waals surface area contributed by atoms with Crippen molar-refractivity contribution in [2.45, 2.75) is 39.3 Å². The van der Waals surface area contributed by atoms with Crippen LogP contribution < -0.4 is 10.3 Å². The van der Waals surface area contributed by atoms with Crippen LogP contribution in [0.15, 0.2) is 47.5 Å². The number of H-pyrrole nitrogens is 1. The van der Waals surface area contributed by atoms with Crippen LogP contribution in [-0.4, -0.2) is 38.4 Å². The molecule has 0 radical (unpaired) electrons. The molecule has 0 amide bonds. The summed E-state index contributed by atoms with van der Waals surface area (Å²) in [5.41, 5.74) is 3.63. The van der Waals surface area contributed by atoms with Crippen LogP contribution in [0.2, 0.25) is 0 Å². The van der Waals surface area contributed by atoms with Gasteiger partial charge in [0, 0.05) is 37.1 Å². The van der Waals surface area contributed by atoms with Gasteiger partial charge in [-0.15, -0.1) is 0 Å². The topological polar surface area (TPSA) is 86.4 Å². The Hall–Kier alpha value is -3.39. The van der Waals surface area contributed by atoms with E-state index in [1.807, 2.05) is 37.4 Å². The van der Waals surface area contributed by atoms with Crippen molar-refractivity contribution in [1.29, 1.82) is 0 Å². The highest BCUT2D eigenvalue weighted by Gasteiger charge is 2.21. The van der Waals surface area contributed by atoms with Gasteiger partial charge in [-0.3, -0.25) is 9.89 Å². The van der Waals surface area contributed by atoms with E-state index in [9.17, 15) is 4.79 Å². The fourth-order valence-electron chi connectivity index (χ4n) is 3.87. The SMILES string of the molecule is COCc1[nH]n2c(=O)cc([C@H](C)n3ccnc3C(C)C)nc2c1-c1ccc(OC)cc1. The molecule has 8 heteroatoms. The molecule has 0 saturated carbocycles. The van der Waals surface area contributed by atoms with E-state index in [-0.39, 0.29) is 17.5 Å². The van der Waals surface area contributed by atoms with Crippen LogP contribution in [0, 0.1) is 0 Å². The molecule has 8 nitrogen and oxygen atoms in total. The second kappa shape index (κ2) is 8.39. The lowest BCUT2D eigenvalue weighted by molar-refractivity contribution is 0.181. The van der Waals surface area contributed by atoms with Gasteiger partial charge in [0.2, 0.25) is 0 Å². The van der Waals surface area contributed by atoms with Gasteiger partial charge in [-0.1, -0.05) is 26.0 Å². The molecule has 0 aliphatic carbocycles. The monoisotopic (exact) mass is 421 g/mol. The van der Waals surface area contributed by atoms with E-state index in [4.69, 9.17) is 14.5 Å². The Labute approximate surface area is 180 Å². The molecule has 162 valence electrons. The third-order valence-electron chi connectivity index (χ3n) is 5.44. The second-order valence-corrected chi connectivity index (χ2v) is 7.83. The van der Waals surface area contributed by atoms with E-state index in [2.05, 4.69) is 28.5 Å². The number of rotatable bonds is 7. The van der Waals surface area contributed by atoms with Gasteiger partial charge >= 0.3 is 0 Å². The Morgan fingerprint density at radius 2 is 1.87 bits per heavy atom. The molecule has 0 unspecified atom stereocenters. The Morgan fingerprint density at radius 1 is 1.13 bits per heavy atom. The molecule has 0 aliphatic heterocycles. The number of imidazole rings is 1. The summed E-state index contributed by atoms with van der Waals surface area (Å²) in [4.78, 5) is 22.4. The summed E-state index contributed by atoms with van der Waals surface area (Å²) in [5, 5.41) is 3.16. The van der Waals surface area contributed by atoms with Crippen molar-refractivity contribution in [3.63, 3.8) is 0 Å². The number of hydrogen-bond donors (Lipinski definition) is 1. The molecule has 0 bridgehead atoms. The van der Waals surface area contributed by atoms with Gasteiger partial charge in [-0.2, -0.15) is 0 Å². The molecule has 1 atom stereocenters. The number of ether oxygens (including phenoxy) is 2. The van der Waals surface area contributed by atoms with E-state index >= 15 is 0 Å². The highest BCUT2D eigenvalue weighted by molar-refractivity contribution is 5.80. The van der Waals surface area contributed by atoms with E-state index in [1.54, 1.807) is 26.5 Å².